The number of hydrogen-bond acceptors (Lipinski definition) is 5. The Bertz CT molecular complexity index is 809. The summed E-state index contributed by atoms with van der Waals surface area (Å²) in [6.07, 6.45) is 0. The molecular formula is C21H25N3O5. The van der Waals surface area contributed by atoms with Crippen LogP contribution in [0.2, 0.25) is 0 Å². The second-order valence-electron chi connectivity index (χ2n) is 6.14. The Balaban J connectivity index is 1.86. The van der Waals surface area contributed by atoms with Gasteiger partial charge in [-0.25, -0.2) is 0 Å². The van der Waals surface area contributed by atoms with E-state index in [1.807, 2.05) is 6.07 Å². The third-order valence-corrected chi connectivity index (χ3v) is 4.03. The number of amides is 3. The highest BCUT2D eigenvalue weighted by Gasteiger charge is 2.19. The molecule has 2 rings (SSSR count). The lowest BCUT2D eigenvalue weighted by Gasteiger charge is -2.22. The van der Waals surface area contributed by atoms with Gasteiger partial charge in [-0.2, -0.15) is 0 Å². The van der Waals surface area contributed by atoms with Gasteiger partial charge in [0.2, 0.25) is 11.8 Å². The maximum atomic E-state index is 12.6. The molecule has 0 spiro atoms. The number of ether oxygens (including phenoxy) is 2. The smallest absolute Gasteiger partial charge is 0.254 e. The monoisotopic (exact) mass is 399 g/mol. The van der Waals surface area contributed by atoms with Gasteiger partial charge in [0.15, 0.2) is 0 Å². The largest absolute Gasteiger partial charge is 0.497 e. The van der Waals surface area contributed by atoms with Crippen LogP contribution in [-0.2, 0) is 14.3 Å². The summed E-state index contributed by atoms with van der Waals surface area (Å²) in [5.74, 6) is -0.410. The molecule has 0 saturated carbocycles. The Labute approximate surface area is 169 Å². The van der Waals surface area contributed by atoms with E-state index in [1.165, 1.54) is 12.0 Å². The molecule has 154 valence electrons. The zero-order valence-electron chi connectivity index (χ0n) is 16.5. The second-order valence-corrected chi connectivity index (χ2v) is 6.14. The second kappa shape index (κ2) is 11.5. The Kier molecular flexibility index (Phi) is 8.65. The zero-order valence-corrected chi connectivity index (χ0v) is 16.5. The first kappa shape index (κ1) is 21.9. The van der Waals surface area contributed by atoms with Crippen molar-refractivity contribution in [1.82, 2.24) is 10.2 Å². The fraction of sp³-hybridized carbons (Fsp3) is 0.286. The van der Waals surface area contributed by atoms with Gasteiger partial charge < -0.3 is 25.0 Å². The molecule has 0 heterocycles. The van der Waals surface area contributed by atoms with E-state index < -0.39 is 5.91 Å². The molecule has 2 aromatic carbocycles. The molecule has 8 heteroatoms. The van der Waals surface area contributed by atoms with E-state index in [4.69, 9.17) is 9.47 Å². The van der Waals surface area contributed by atoms with Crippen LogP contribution in [0.15, 0.2) is 54.6 Å². The fourth-order valence-corrected chi connectivity index (χ4v) is 2.50. The maximum absolute atomic E-state index is 12.6. The predicted molar refractivity (Wildman–Crippen MR) is 109 cm³/mol. The first-order chi connectivity index (χ1) is 14.0. The summed E-state index contributed by atoms with van der Waals surface area (Å²) in [6, 6.07) is 15.5. The molecular weight excluding hydrogens is 374 g/mol. The van der Waals surface area contributed by atoms with Gasteiger partial charge in [0, 0.05) is 24.9 Å². The van der Waals surface area contributed by atoms with Crippen LogP contribution in [0.5, 0.6) is 5.75 Å². The molecule has 0 radical (unpaired) electrons. The topological polar surface area (TPSA) is 97.0 Å². The lowest BCUT2D eigenvalue weighted by molar-refractivity contribution is -0.124. The SMILES string of the molecule is COCCN(CC(=O)NCC(=O)Nc1ccc(OC)cc1)C(=O)c1ccccc1. The number of methoxy groups -OCH3 is 2. The number of nitrogens with one attached hydrogen (secondary N) is 2. The molecule has 0 aliphatic carbocycles. The predicted octanol–water partition coefficient (Wildman–Crippen LogP) is 1.54. The summed E-state index contributed by atoms with van der Waals surface area (Å²) >= 11 is 0. The molecule has 0 saturated heterocycles. The highest BCUT2D eigenvalue weighted by atomic mass is 16.5. The van der Waals surface area contributed by atoms with Crippen molar-refractivity contribution in [3.8, 4) is 5.75 Å². The van der Waals surface area contributed by atoms with E-state index in [1.54, 1.807) is 55.6 Å². The van der Waals surface area contributed by atoms with Gasteiger partial charge in [-0.3, -0.25) is 14.4 Å². The van der Waals surface area contributed by atoms with Gasteiger partial charge in [-0.1, -0.05) is 18.2 Å². The highest BCUT2D eigenvalue weighted by molar-refractivity contribution is 5.98. The van der Waals surface area contributed by atoms with E-state index in [0.717, 1.165) is 0 Å². The zero-order chi connectivity index (χ0) is 21.1. The number of hydrogen-bond donors (Lipinski definition) is 2. The molecule has 3 amide bonds. The normalized spacial score (nSPS) is 10.1. The summed E-state index contributed by atoms with van der Waals surface area (Å²) in [5.41, 5.74) is 1.07. The number of carbonyl (C=O) groups is 3. The van der Waals surface area contributed by atoms with Gasteiger partial charge in [0.25, 0.3) is 5.91 Å². The van der Waals surface area contributed by atoms with Crippen molar-refractivity contribution in [3.05, 3.63) is 60.2 Å². The van der Waals surface area contributed by atoms with Crippen molar-refractivity contribution in [2.24, 2.45) is 0 Å². The van der Waals surface area contributed by atoms with Crippen LogP contribution in [0.4, 0.5) is 5.69 Å². The van der Waals surface area contributed by atoms with Gasteiger partial charge in [0.05, 0.1) is 26.8 Å². The summed E-state index contributed by atoms with van der Waals surface area (Å²) in [6.45, 7) is 0.176. The average molecular weight is 399 g/mol. The van der Waals surface area contributed by atoms with Crippen LogP contribution in [0, 0.1) is 0 Å². The Morgan fingerprint density at radius 1 is 0.931 bits per heavy atom. The minimum absolute atomic E-state index is 0.174. The summed E-state index contributed by atoms with van der Waals surface area (Å²) in [7, 11) is 3.08. The molecule has 8 nitrogen and oxygen atoms in total. The Morgan fingerprint density at radius 2 is 1.62 bits per heavy atom. The van der Waals surface area contributed by atoms with Gasteiger partial charge in [0.1, 0.15) is 5.75 Å². The molecule has 0 unspecified atom stereocenters. The van der Waals surface area contributed by atoms with Crippen LogP contribution >= 0.6 is 0 Å². The number of nitrogens with zero attached hydrogens (tertiary/aromatic N) is 1. The van der Waals surface area contributed by atoms with Crippen molar-refractivity contribution in [2.45, 2.75) is 0 Å². The van der Waals surface area contributed by atoms with Crippen molar-refractivity contribution < 1.29 is 23.9 Å². The fourth-order valence-electron chi connectivity index (χ4n) is 2.50. The molecule has 0 bridgehead atoms. The number of anilines is 1. The van der Waals surface area contributed by atoms with E-state index in [-0.39, 0.29) is 31.4 Å². The van der Waals surface area contributed by atoms with E-state index >= 15 is 0 Å². The minimum Gasteiger partial charge on any atom is -0.497 e. The lowest BCUT2D eigenvalue weighted by atomic mass is 10.2. The van der Waals surface area contributed by atoms with Gasteiger partial charge in [-0.05, 0) is 36.4 Å². The number of benzene rings is 2. The van der Waals surface area contributed by atoms with Crippen LogP contribution < -0.4 is 15.4 Å². The highest BCUT2D eigenvalue weighted by Crippen LogP contribution is 2.14. The van der Waals surface area contributed by atoms with Crippen LogP contribution in [0.1, 0.15) is 10.4 Å². The molecule has 2 aromatic rings. The average Bonchev–Trinajstić information content (AvgIpc) is 2.76. The number of rotatable bonds is 10. The van der Waals surface area contributed by atoms with Gasteiger partial charge >= 0.3 is 0 Å². The molecule has 29 heavy (non-hydrogen) atoms. The van der Waals surface area contributed by atoms with Crippen LogP contribution in [-0.4, -0.2) is 63.1 Å². The lowest BCUT2D eigenvalue weighted by Crippen LogP contribution is -2.44. The van der Waals surface area contributed by atoms with E-state index in [2.05, 4.69) is 10.6 Å². The maximum Gasteiger partial charge on any atom is 0.254 e. The van der Waals surface area contributed by atoms with E-state index in [0.29, 0.717) is 23.6 Å². The molecule has 0 aliphatic rings. The summed E-state index contributed by atoms with van der Waals surface area (Å²) in [5, 5.41) is 5.20. The van der Waals surface area contributed by atoms with Crippen molar-refractivity contribution in [1.29, 1.82) is 0 Å². The first-order valence-electron chi connectivity index (χ1n) is 9.07. The molecule has 0 aliphatic heterocycles. The van der Waals surface area contributed by atoms with Gasteiger partial charge in [-0.15, -0.1) is 0 Å². The molecule has 0 atom stereocenters. The Morgan fingerprint density at radius 3 is 2.24 bits per heavy atom. The Hall–Kier alpha value is -3.39. The minimum atomic E-state index is -0.435. The third kappa shape index (κ3) is 7.27. The van der Waals surface area contributed by atoms with Crippen molar-refractivity contribution in [2.75, 3.05) is 45.8 Å². The number of carbonyl (C=O) groups excluding carboxylic acids is 3. The van der Waals surface area contributed by atoms with Crippen LogP contribution in [0.3, 0.4) is 0 Å². The molecule has 2 N–H and O–H groups in total. The quantitative estimate of drug-likeness (QED) is 0.632. The van der Waals surface area contributed by atoms with Crippen molar-refractivity contribution in [3.63, 3.8) is 0 Å². The summed E-state index contributed by atoms with van der Waals surface area (Å²) < 4.78 is 10.1. The molecule has 0 fully saturated rings. The van der Waals surface area contributed by atoms with Crippen molar-refractivity contribution >= 4 is 23.4 Å². The summed E-state index contributed by atoms with van der Waals surface area (Å²) in [4.78, 5) is 38.3. The van der Waals surface area contributed by atoms with Crippen LogP contribution in [0.25, 0.3) is 0 Å². The first-order valence-corrected chi connectivity index (χ1v) is 9.07. The van der Waals surface area contributed by atoms with E-state index in [9.17, 15) is 14.4 Å². The molecule has 0 aromatic heterocycles. The standard InChI is InChI=1S/C21H25N3O5/c1-28-13-12-24(21(27)16-6-4-3-5-7-16)15-20(26)22-14-19(25)23-17-8-10-18(29-2)11-9-17/h3-11H,12-15H2,1-2H3,(H,22,26)(H,23,25). The third-order valence-electron chi connectivity index (χ3n) is 4.03.